The summed E-state index contributed by atoms with van der Waals surface area (Å²) in [5, 5.41) is 2.83. The molecular formula is C19H26N2O3. The van der Waals surface area contributed by atoms with E-state index in [-0.39, 0.29) is 30.4 Å². The number of hydrogen-bond acceptors (Lipinski definition) is 3. The molecule has 130 valence electrons. The topological polar surface area (TPSA) is 58.6 Å². The Balaban J connectivity index is 2.18. The van der Waals surface area contributed by atoms with Crippen LogP contribution in [0.15, 0.2) is 36.9 Å². The zero-order valence-electron chi connectivity index (χ0n) is 14.5. The lowest BCUT2D eigenvalue weighted by Crippen LogP contribution is -2.48. The molecule has 5 heteroatoms. The number of aryl methyl sites for hydroxylation is 1. The standard InChI is InChI=1S/C19H26N2O3/c1-4-10-20-19(23)16-8-9-17(15-7-5-6-14(2)11-15)21(12-16)18(22)13-24-3/h4-7,11,16-17H,1,8-10,12-13H2,2-3H3,(H,20,23). The smallest absolute Gasteiger partial charge is 0.249 e. The fraction of sp³-hybridized carbons (Fsp3) is 0.474. The highest BCUT2D eigenvalue weighted by molar-refractivity contribution is 5.82. The van der Waals surface area contributed by atoms with Crippen molar-refractivity contribution in [1.82, 2.24) is 10.2 Å². The van der Waals surface area contributed by atoms with Crippen LogP contribution < -0.4 is 5.32 Å². The van der Waals surface area contributed by atoms with Crippen molar-refractivity contribution in [1.29, 1.82) is 0 Å². The van der Waals surface area contributed by atoms with E-state index in [1.807, 2.05) is 25.1 Å². The Morgan fingerprint density at radius 2 is 2.21 bits per heavy atom. The average molecular weight is 330 g/mol. The molecule has 1 aromatic carbocycles. The molecule has 1 aliphatic rings. The molecule has 2 atom stereocenters. The summed E-state index contributed by atoms with van der Waals surface area (Å²) in [5.74, 6) is -0.287. The molecule has 0 saturated carbocycles. The van der Waals surface area contributed by atoms with Crippen molar-refractivity contribution >= 4 is 11.8 Å². The number of hydrogen-bond donors (Lipinski definition) is 1. The summed E-state index contributed by atoms with van der Waals surface area (Å²) in [5.41, 5.74) is 2.28. The van der Waals surface area contributed by atoms with Gasteiger partial charge in [-0.25, -0.2) is 0 Å². The van der Waals surface area contributed by atoms with Gasteiger partial charge in [-0.15, -0.1) is 6.58 Å². The Bertz CT molecular complexity index is 600. The SMILES string of the molecule is C=CCNC(=O)C1CCC(c2cccc(C)c2)N(C(=O)COC)C1. The van der Waals surface area contributed by atoms with Gasteiger partial charge in [0.1, 0.15) is 6.61 Å². The van der Waals surface area contributed by atoms with Crippen LogP contribution in [0.4, 0.5) is 0 Å². The molecule has 0 bridgehead atoms. The Morgan fingerprint density at radius 1 is 1.42 bits per heavy atom. The van der Waals surface area contributed by atoms with E-state index in [1.165, 1.54) is 7.11 Å². The zero-order chi connectivity index (χ0) is 17.5. The number of likely N-dealkylation sites (tertiary alicyclic amines) is 1. The first-order valence-electron chi connectivity index (χ1n) is 8.30. The fourth-order valence-corrected chi connectivity index (χ4v) is 3.21. The van der Waals surface area contributed by atoms with Gasteiger partial charge in [0.05, 0.1) is 12.0 Å². The number of carbonyl (C=O) groups is 2. The molecule has 1 fully saturated rings. The van der Waals surface area contributed by atoms with Crippen LogP contribution in [0.1, 0.15) is 30.0 Å². The average Bonchev–Trinajstić information content (AvgIpc) is 2.59. The number of amides is 2. The number of nitrogens with one attached hydrogen (secondary N) is 1. The van der Waals surface area contributed by atoms with Crippen molar-refractivity contribution in [3.63, 3.8) is 0 Å². The fourth-order valence-electron chi connectivity index (χ4n) is 3.21. The quantitative estimate of drug-likeness (QED) is 0.814. The number of ether oxygens (including phenoxy) is 1. The van der Waals surface area contributed by atoms with Crippen molar-refractivity contribution in [3.8, 4) is 0 Å². The second-order valence-corrected chi connectivity index (χ2v) is 6.22. The Hall–Kier alpha value is -2.14. The van der Waals surface area contributed by atoms with Gasteiger partial charge in [0.15, 0.2) is 0 Å². The molecule has 0 aromatic heterocycles. The van der Waals surface area contributed by atoms with Crippen LogP contribution >= 0.6 is 0 Å². The Morgan fingerprint density at radius 3 is 2.88 bits per heavy atom. The third-order valence-corrected chi connectivity index (χ3v) is 4.39. The van der Waals surface area contributed by atoms with Crippen molar-refractivity contribution in [2.75, 3.05) is 26.8 Å². The van der Waals surface area contributed by atoms with Crippen molar-refractivity contribution in [2.45, 2.75) is 25.8 Å². The van der Waals surface area contributed by atoms with Gasteiger partial charge in [0.2, 0.25) is 11.8 Å². The van der Waals surface area contributed by atoms with E-state index in [1.54, 1.807) is 11.0 Å². The predicted octanol–water partition coefficient (Wildman–Crippen LogP) is 2.22. The Labute approximate surface area is 143 Å². The molecular weight excluding hydrogens is 304 g/mol. The maximum absolute atomic E-state index is 12.5. The molecule has 1 aromatic rings. The van der Waals surface area contributed by atoms with Gasteiger partial charge in [0.25, 0.3) is 0 Å². The third-order valence-electron chi connectivity index (χ3n) is 4.39. The maximum atomic E-state index is 12.5. The second kappa shape index (κ2) is 8.64. The Kier molecular flexibility index (Phi) is 6.55. The number of piperidine rings is 1. The van der Waals surface area contributed by atoms with E-state index in [9.17, 15) is 9.59 Å². The van der Waals surface area contributed by atoms with Crippen molar-refractivity contribution in [3.05, 3.63) is 48.0 Å². The maximum Gasteiger partial charge on any atom is 0.249 e. The highest BCUT2D eigenvalue weighted by atomic mass is 16.5. The van der Waals surface area contributed by atoms with E-state index >= 15 is 0 Å². The summed E-state index contributed by atoms with van der Waals surface area (Å²) in [7, 11) is 1.51. The zero-order valence-corrected chi connectivity index (χ0v) is 14.5. The van der Waals surface area contributed by atoms with E-state index in [0.717, 1.165) is 24.0 Å². The van der Waals surface area contributed by atoms with Gasteiger partial charge in [-0.05, 0) is 25.3 Å². The van der Waals surface area contributed by atoms with Crippen LogP contribution in [0.3, 0.4) is 0 Å². The summed E-state index contributed by atoms with van der Waals surface area (Å²) < 4.78 is 5.02. The first-order valence-corrected chi connectivity index (χ1v) is 8.30. The summed E-state index contributed by atoms with van der Waals surface area (Å²) in [6, 6.07) is 8.20. The monoisotopic (exact) mass is 330 g/mol. The van der Waals surface area contributed by atoms with Gasteiger partial charge in [-0.1, -0.05) is 35.9 Å². The molecule has 24 heavy (non-hydrogen) atoms. The summed E-state index contributed by atoms with van der Waals surface area (Å²) in [6.45, 7) is 6.55. The van der Waals surface area contributed by atoms with Gasteiger partial charge in [-0.3, -0.25) is 9.59 Å². The van der Waals surface area contributed by atoms with E-state index in [0.29, 0.717) is 13.1 Å². The van der Waals surface area contributed by atoms with Crippen LogP contribution in [0.2, 0.25) is 0 Å². The molecule has 1 heterocycles. The van der Waals surface area contributed by atoms with Crippen LogP contribution in [0.5, 0.6) is 0 Å². The van der Waals surface area contributed by atoms with Crippen LogP contribution in [-0.2, 0) is 14.3 Å². The molecule has 1 aliphatic heterocycles. The first kappa shape index (κ1) is 18.2. The third kappa shape index (κ3) is 4.45. The van der Waals surface area contributed by atoms with Crippen LogP contribution in [0.25, 0.3) is 0 Å². The minimum Gasteiger partial charge on any atom is -0.375 e. The molecule has 5 nitrogen and oxygen atoms in total. The summed E-state index contributed by atoms with van der Waals surface area (Å²) in [4.78, 5) is 26.5. The number of carbonyl (C=O) groups excluding carboxylic acids is 2. The summed E-state index contributed by atoms with van der Waals surface area (Å²) >= 11 is 0. The molecule has 2 unspecified atom stereocenters. The van der Waals surface area contributed by atoms with E-state index < -0.39 is 0 Å². The van der Waals surface area contributed by atoms with Crippen LogP contribution in [0, 0.1) is 12.8 Å². The largest absolute Gasteiger partial charge is 0.375 e. The van der Waals surface area contributed by atoms with Gasteiger partial charge < -0.3 is 15.0 Å². The predicted molar refractivity (Wildman–Crippen MR) is 93.4 cm³/mol. The summed E-state index contributed by atoms with van der Waals surface area (Å²) in [6.07, 6.45) is 3.19. The minimum absolute atomic E-state index is 0.00370. The molecule has 1 saturated heterocycles. The van der Waals surface area contributed by atoms with E-state index in [2.05, 4.69) is 18.0 Å². The highest BCUT2D eigenvalue weighted by Gasteiger charge is 2.35. The lowest BCUT2D eigenvalue weighted by Gasteiger charge is -2.39. The minimum atomic E-state index is -0.188. The van der Waals surface area contributed by atoms with Crippen LogP contribution in [-0.4, -0.2) is 43.5 Å². The van der Waals surface area contributed by atoms with Gasteiger partial charge in [-0.2, -0.15) is 0 Å². The lowest BCUT2D eigenvalue weighted by atomic mass is 9.88. The van der Waals surface area contributed by atoms with Crippen molar-refractivity contribution in [2.24, 2.45) is 5.92 Å². The normalized spacial score (nSPS) is 20.5. The molecule has 0 aliphatic carbocycles. The molecule has 0 radical (unpaired) electrons. The first-order chi connectivity index (χ1) is 11.6. The van der Waals surface area contributed by atoms with Crippen molar-refractivity contribution < 1.29 is 14.3 Å². The lowest BCUT2D eigenvalue weighted by molar-refractivity contribution is -0.142. The number of rotatable bonds is 6. The molecule has 2 rings (SSSR count). The molecule has 2 amide bonds. The number of methoxy groups -OCH3 is 1. The van der Waals surface area contributed by atoms with Gasteiger partial charge >= 0.3 is 0 Å². The molecule has 0 spiro atoms. The number of benzene rings is 1. The second-order valence-electron chi connectivity index (χ2n) is 6.22. The highest BCUT2D eigenvalue weighted by Crippen LogP contribution is 2.34. The van der Waals surface area contributed by atoms with E-state index in [4.69, 9.17) is 4.74 Å². The van der Waals surface area contributed by atoms with Gasteiger partial charge in [0, 0.05) is 20.2 Å². The number of nitrogens with zero attached hydrogens (tertiary/aromatic N) is 1. The molecule has 1 N–H and O–H groups in total.